The summed E-state index contributed by atoms with van der Waals surface area (Å²) >= 11 is 1.65. The summed E-state index contributed by atoms with van der Waals surface area (Å²) in [7, 11) is 4.96. The van der Waals surface area contributed by atoms with E-state index in [1.165, 1.54) is 0 Å². The zero-order valence-corrected chi connectivity index (χ0v) is 13.6. The number of nitrogens with zero attached hydrogens (tertiary/aromatic N) is 1. The van der Waals surface area contributed by atoms with E-state index in [1.54, 1.807) is 33.1 Å². The Labute approximate surface area is 134 Å². The van der Waals surface area contributed by atoms with Crippen LogP contribution in [0, 0.1) is 0 Å². The molecule has 0 saturated carbocycles. The van der Waals surface area contributed by atoms with E-state index in [1.807, 2.05) is 36.4 Å². The average molecular weight is 315 g/mol. The fourth-order valence-electron chi connectivity index (χ4n) is 2.30. The smallest absolute Gasteiger partial charge is 0.161 e. The topological polar surface area (TPSA) is 40.0 Å². The zero-order chi connectivity index (χ0) is 15.5. The highest BCUT2D eigenvalue weighted by Crippen LogP contribution is 2.39. The summed E-state index contributed by atoms with van der Waals surface area (Å²) in [4.78, 5) is 5.82. The molecule has 0 N–H and O–H groups in total. The molecule has 22 heavy (non-hydrogen) atoms. The maximum absolute atomic E-state index is 5.38. The van der Waals surface area contributed by atoms with E-state index in [4.69, 9.17) is 14.2 Å². The van der Waals surface area contributed by atoms with Gasteiger partial charge in [0.2, 0.25) is 0 Å². The van der Waals surface area contributed by atoms with E-state index in [0.717, 1.165) is 38.3 Å². The van der Waals surface area contributed by atoms with Crippen LogP contribution in [0.5, 0.6) is 17.2 Å². The van der Waals surface area contributed by atoms with Crippen molar-refractivity contribution in [2.45, 2.75) is 11.4 Å². The van der Waals surface area contributed by atoms with Gasteiger partial charge in [0, 0.05) is 10.5 Å². The first-order valence-corrected chi connectivity index (χ1v) is 7.68. The lowest BCUT2D eigenvalue weighted by atomic mass is 10.2. The highest BCUT2D eigenvalue weighted by atomic mass is 32.2. The summed E-state index contributed by atoms with van der Waals surface area (Å²) in [6.45, 7) is 0.643. The summed E-state index contributed by atoms with van der Waals surface area (Å²) in [5.41, 5.74) is 2.24. The van der Waals surface area contributed by atoms with Crippen molar-refractivity contribution in [2.75, 3.05) is 21.3 Å². The van der Waals surface area contributed by atoms with E-state index in [9.17, 15) is 0 Å². The minimum absolute atomic E-state index is 0.643. The molecule has 3 rings (SSSR count). The Bertz CT molecular complexity index is 711. The maximum Gasteiger partial charge on any atom is 0.161 e. The Morgan fingerprint density at radius 1 is 0.909 bits per heavy atom. The van der Waals surface area contributed by atoms with Gasteiger partial charge in [-0.25, -0.2) is 0 Å². The Kier molecular flexibility index (Phi) is 4.24. The number of rotatable bonds is 4. The second kappa shape index (κ2) is 6.32. The van der Waals surface area contributed by atoms with E-state index < -0.39 is 0 Å². The third kappa shape index (κ3) is 2.76. The minimum Gasteiger partial charge on any atom is -0.497 e. The van der Waals surface area contributed by atoms with Crippen molar-refractivity contribution in [3.05, 3.63) is 47.5 Å². The Morgan fingerprint density at radius 3 is 2.23 bits per heavy atom. The Balaban J connectivity index is 1.90. The first-order chi connectivity index (χ1) is 10.7. The third-order valence-electron chi connectivity index (χ3n) is 3.50. The Morgan fingerprint density at radius 2 is 1.59 bits per heavy atom. The predicted molar refractivity (Wildman–Crippen MR) is 88.6 cm³/mol. The first kappa shape index (κ1) is 14.8. The van der Waals surface area contributed by atoms with Gasteiger partial charge in [-0.1, -0.05) is 11.8 Å². The van der Waals surface area contributed by atoms with Crippen LogP contribution in [-0.4, -0.2) is 26.4 Å². The van der Waals surface area contributed by atoms with Crippen molar-refractivity contribution in [2.24, 2.45) is 4.99 Å². The van der Waals surface area contributed by atoms with Gasteiger partial charge in [0.25, 0.3) is 0 Å². The molecule has 0 unspecified atom stereocenters. The van der Waals surface area contributed by atoms with Crippen LogP contribution in [0.1, 0.15) is 11.1 Å². The molecule has 1 heterocycles. The highest BCUT2D eigenvalue weighted by molar-refractivity contribution is 8.14. The predicted octanol–water partition coefficient (Wildman–Crippen LogP) is 3.76. The van der Waals surface area contributed by atoms with Crippen molar-refractivity contribution in [1.82, 2.24) is 0 Å². The van der Waals surface area contributed by atoms with Gasteiger partial charge in [0.05, 0.1) is 27.9 Å². The first-order valence-electron chi connectivity index (χ1n) is 6.86. The SMILES string of the molecule is COc1ccc(C2=NCc3cc(OC)c(OC)cc3S2)cc1. The Hall–Kier alpha value is -2.14. The van der Waals surface area contributed by atoms with Crippen LogP contribution in [0.15, 0.2) is 46.3 Å². The molecule has 114 valence electrons. The lowest BCUT2D eigenvalue weighted by Crippen LogP contribution is -2.05. The molecule has 2 aromatic carbocycles. The summed E-state index contributed by atoms with van der Waals surface area (Å²) in [5, 5.41) is 1.00. The monoisotopic (exact) mass is 315 g/mol. The van der Waals surface area contributed by atoms with Gasteiger partial charge in [-0.15, -0.1) is 0 Å². The molecule has 0 radical (unpaired) electrons. The van der Waals surface area contributed by atoms with Gasteiger partial charge in [0.1, 0.15) is 10.8 Å². The van der Waals surface area contributed by atoms with Gasteiger partial charge in [0.15, 0.2) is 11.5 Å². The molecule has 0 saturated heterocycles. The molecule has 0 aromatic heterocycles. The fourth-order valence-corrected chi connectivity index (χ4v) is 3.31. The molecular weight excluding hydrogens is 298 g/mol. The standard InChI is InChI=1S/C17H17NO3S/c1-19-13-6-4-11(5-7-13)17-18-10-12-8-14(20-2)15(21-3)9-16(12)22-17/h4-9H,10H2,1-3H3. The molecule has 2 aromatic rings. The van der Waals surface area contributed by atoms with Gasteiger partial charge >= 0.3 is 0 Å². The molecule has 0 bridgehead atoms. The fraction of sp³-hybridized carbons (Fsp3) is 0.235. The molecule has 1 aliphatic heterocycles. The normalized spacial score (nSPS) is 13.1. The second-order valence-corrected chi connectivity index (χ2v) is 5.80. The zero-order valence-electron chi connectivity index (χ0n) is 12.8. The summed E-state index contributed by atoms with van der Waals surface area (Å²) in [6.07, 6.45) is 0. The number of hydrogen-bond acceptors (Lipinski definition) is 5. The second-order valence-electron chi connectivity index (χ2n) is 4.77. The minimum atomic E-state index is 0.643. The van der Waals surface area contributed by atoms with Crippen LogP contribution in [0.4, 0.5) is 0 Å². The summed E-state index contributed by atoms with van der Waals surface area (Å²) < 4.78 is 15.9. The van der Waals surface area contributed by atoms with Gasteiger partial charge in [-0.05, 0) is 42.0 Å². The van der Waals surface area contributed by atoms with Crippen molar-refractivity contribution in [3.8, 4) is 17.2 Å². The maximum atomic E-state index is 5.38. The lowest BCUT2D eigenvalue weighted by Gasteiger charge is -2.18. The summed E-state index contributed by atoms with van der Waals surface area (Å²) in [5.74, 6) is 2.33. The molecule has 1 aliphatic rings. The molecule has 0 atom stereocenters. The molecule has 0 amide bonds. The van der Waals surface area contributed by atoms with Crippen LogP contribution in [-0.2, 0) is 6.54 Å². The highest BCUT2D eigenvalue weighted by Gasteiger charge is 2.18. The molecular formula is C17H17NO3S. The lowest BCUT2D eigenvalue weighted by molar-refractivity contribution is 0.353. The largest absolute Gasteiger partial charge is 0.497 e. The van der Waals surface area contributed by atoms with Crippen molar-refractivity contribution in [3.63, 3.8) is 0 Å². The van der Waals surface area contributed by atoms with Crippen molar-refractivity contribution < 1.29 is 14.2 Å². The van der Waals surface area contributed by atoms with Gasteiger partial charge in [-0.3, -0.25) is 4.99 Å². The molecule has 0 spiro atoms. The molecule has 0 aliphatic carbocycles. The van der Waals surface area contributed by atoms with Crippen LogP contribution < -0.4 is 14.2 Å². The molecule has 0 fully saturated rings. The number of methoxy groups -OCH3 is 3. The van der Waals surface area contributed by atoms with E-state index in [0.29, 0.717) is 6.54 Å². The van der Waals surface area contributed by atoms with Gasteiger partial charge < -0.3 is 14.2 Å². The number of fused-ring (bicyclic) bond motifs is 1. The van der Waals surface area contributed by atoms with Crippen LogP contribution in [0.3, 0.4) is 0 Å². The molecule has 4 nitrogen and oxygen atoms in total. The number of thioether (sulfide) groups is 1. The third-order valence-corrected chi connectivity index (χ3v) is 4.66. The van der Waals surface area contributed by atoms with Crippen LogP contribution in [0.25, 0.3) is 0 Å². The van der Waals surface area contributed by atoms with E-state index in [2.05, 4.69) is 4.99 Å². The molecule has 5 heteroatoms. The van der Waals surface area contributed by atoms with Crippen LogP contribution >= 0.6 is 11.8 Å². The van der Waals surface area contributed by atoms with Crippen LogP contribution in [0.2, 0.25) is 0 Å². The number of benzene rings is 2. The quantitative estimate of drug-likeness (QED) is 0.861. The number of ether oxygens (including phenoxy) is 3. The van der Waals surface area contributed by atoms with E-state index >= 15 is 0 Å². The number of hydrogen-bond donors (Lipinski definition) is 0. The van der Waals surface area contributed by atoms with Gasteiger partial charge in [-0.2, -0.15) is 0 Å². The summed E-state index contributed by atoms with van der Waals surface area (Å²) in [6, 6.07) is 11.9. The number of aliphatic imine (C=N–C) groups is 1. The van der Waals surface area contributed by atoms with Crippen molar-refractivity contribution >= 4 is 16.8 Å². The van der Waals surface area contributed by atoms with E-state index in [-0.39, 0.29) is 0 Å². The average Bonchev–Trinajstić information content (AvgIpc) is 2.60. The van der Waals surface area contributed by atoms with Crippen molar-refractivity contribution in [1.29, 1.82) is 0 Å².